The summed E-state index contributed by atoms with van der Waals surface area (Å²) < 4.78 is 0. The summed E-state index contributed by atoms with van der Waals surface area (Å²) in [6, 6.07) is 1.92. The summed E-state index contributed by atoms with van der Waals surface area (Å²) in [6.45, 7) is 4.87. The molecular formula is C13H21N5OS. The van der Waals surface area contributed by atoms with Gasteiger partial charge in [0.1, 0.15) is 11.6 Å². The summed E-state index contributed by atoms with van der Waals surface area (Å²) in [6.07, 6.45) is 2.91. The van der Waals surface area contributed by atoms with E-state index >= 15 is 0 Å². The summed E-state index contributed by atoms with van der Waals surface area (Å²) in [5.74, 6) is 1.77. The lowest BCUT2D eigenvalue weighted by atomic mass is 10.3. The van der Waals surface area contributed by atoms with Crippen LogP contribution in [0.25, 0.3) is 0 Å². The van der Waals surface area contributed by atoms with Gasteiger partial charge in [-0.2, -0.15) is 0 Å². The van der Waals surface area contributed by atoms with Gasteiger partial charge in [-0.15, -0.1) is 0 Å². The number of hydrogen-bond donors (Lipinski definition) is 1. The van der Waals surface area contributed by atoms with Gasteiger partial charge in [0.15, 0.2) is 5.16 Å². The summed E-state index contributed by atoms with van der Waals surface area (Å²) in [4.78, 5) is 24.7. The number of nitrogens with one attached hydrogen (secondary N) is 1. The second kappa shape index (κ2) is 6.78. The van der Waals surface area contributed by atoms with Gasteiger partial charge in [-0.1, -0.05) is 11.8 Å². The summed E-state index contributed by atoms with van der Waals surface area (Å²) in [5, 5.41) is 3.94. The number of amides is 1. The van der Waals surface area contributed by atoms with Crippen molar-refractivity contribution in [2.45, 2.75) is 18.5 Å². The van der Waals surface area contributed by atoms with Gasteiger partial charge in [-0.05, 0) is 19.6 Å². The number of carbonyl (C=O) groups is 1. The van der Waals surface area contributed by atoms with Crippen molar-refractivity contribution < 1.29 is 4.79 Å². The first kappa shape index (κ1) is 14.9. The maximum atomic E-state index is 12.0. The molecule has 0 spiro atoms. The summed E-state index contributed by atoms with van der Waals surface area (Å²) >= 11 is 1.51. The predicted molar refractivity (Wildman–Crippen MR) is 82.4 cm³/mol. The van der Waals surface area contributed by atoms with Crippen molar-refractivity contribution in [3.63, 3.8) is 0 Å². The zero-order chi connectivity index (χ0) is 14.5. The van der Waals surface area contributed by atoms with Crippen molar-refractivity contribution in [1.82, 2.24) is 14.9 Å². The molecule has 110 valence electrons. The van der Waals surface area contributed by atoms with Crippen LogP contribution in [0.15, 0.2) is 11.2 Å². The smallest absolute Gasteiger partial charge is 0.241 e. The van der Waals surface area contributed by atoms with Crippen LogP contribution >= 0.6 is 11.8 Å². The van der Waals surface area contributed by atoms with Crippen LogP contribution in [-0.2, 0) is 4.79 Å². The Morgan fingerprint density at radius 2 is 2.20 bits per heavy atom. The molecular weight excluding hydrogens is 274 g/mol. The molecule has 0 atom stereocenters. The monoisotopic (exact) mass is 295 g/mol. The van der Waals surface area contributed by atoms with E-state index in [2.05, 4.69) is 15.3 Å². The van der Waals surface area contributed by atoms with E-state index in [1.807, 2.05) is 31.2 Å². The molecule has 0 unspecified atom stereocenters. The Labute approximate surface area is 124 Å². The van der Waals surface area contributed by atoms with E-state index in [1.54, 1.807) is 4.90 Å². The molecule has 1 aliphatic rings. The first-order chi connectivity index (χ1) is 9.63. The fourth-order valence-electron chi connectivity index (χ4n) is 2.12. The molecule has 2 rings (SSSR count). The molecule has 7 heteroatoms. The largest absolute Gasteiger partial charge is 0.370 e. The van der Waals surface area contributed by atoms with Crippen LogP contribution in [-0.4, -0.2) is 60.3 Å². The maximum Gasteiger partial charge on any atom is 0.241 e. The molecule has 0 aromatic carbocycles. The maximum absolute atomic E-state index is 12.0. The van der Waals surface area contributed by atoms with Gasteiger partial charge in [0.2, 0.25) is 5.91 Å². The van der Waals surface area contributed by atoms with Crippen molar-refractivity contribution in [2.75, 3.05) is 49.7 Å². The minimum atomic E-state index is 0.136. The number of thioether (sulfide) groups is 1. The van der Waals surface area contributed by atoms with Crippen LogP contribution in [0.3, 0.4) is 0 Å². The van der Waals surface area contributed by atoms with Crippen LogP contribution in [0, 0.1) is 0 Å². The number of likely N-dealkylation sites (N-methyl/N-ethyl adjacent to an activating group) is 1. The fraction of sp³-hybridized carbons (Fsp3) is 0.615. The molecule has 1 aromatic heterocycles. The average molecular weight is 295 g/mol. The van der Waals surface area contributed by atoms with Gasteiger partial charge in [0, 0.05) is 32.7 Å². The van der Waals surface area contributed by atoms with Crippen molar-refractivity contribution in [3.05, 3.63) is 6.07 Å². The van der Waals surface area contributed by atoms with Crippen LogP contribution in [0.5, 0.6) is 0 Å². The van der Waals surface area contributed by atoms with Gasteiger partial charge in [0.25, 0.3) is 0 Å². The molecule has 1 saturated heterocycles. The third-order valence-electron chi connectivity index (χ3n) is 3.23. The third-order valence-corrected chi connectivity index (χ3v) is 3.78. The summed E-state index contributed by atoms with van der Waals surface area (Å²) in [5.41, 5.74) is 0. The molecule has 0 saturated carbocycles. The van der Waals surface area contributed by atoms with Crippen LogP contribution in [0.4, 0.5) is 11.6 Å². The molecule has 2 heterocycles. The quantitative estimate of drug-likeness (QED) is 0.667. The zero-order valence-electron chi connectivity index (χ0n) is 12.2. The lowest BCUT2D eigenvalue weighted by molar-refractivity contribution is -0.127. The highest BCUT2D eigenvalue weighted by Crippen LogP contribution is 2.21. The van der Waals surface area contributed by atoms with Crippen molar-refractivity contribution >= 4 is 29.3 Å². The van der Waals surface area contributed by atoms with E-state index in [0.29, 0.717) is 6.54 Å². The number of anilines is 2. The minimum Gasteiger partial charge on any atom is -0.370 e. The zero-order valence-corrected chi connectivity index (χ0v) is 13.0. The first-order valence-electron chi connectivity index (χ1n) is 6.80. The van der Waals surface area contributed by atoms with E-state index in [4.69, 9.17) is 0 Å². The van der Waals surface area contributed by atoms with Gasteiger partial charge in [-0.25, -0.2) is 9.97 Å². The Bertz CT molecular complexity index is 482. The molecule has 1 aromatic rings. The molecule has 6 nitrogen and oxygen atoms in total. The number of rotatable bonds is 4. The molecule has 1 aliphatic heterocycles. The van der Waals surface area contributed by atoms with Crippen molar-refractivity contribution in [2.24, 2.45) is 0 Å². The van der Waals surface area contributed by atoms with E-state index in [-0.39, 0.29) is 5.91 Å². The highest BCUT2D eigenvalue weighted by Gasteiger charge is 2.20. The first-order valence-corrected chi connectivity index (χ1v) is 8.02. The summed E-state index contributed by atoms with van der Waals surface area (Å²) in [7, 11) is 1.85. The Kier molecular flexibility index (Phi) is 5.05. The second-order valence-electron chi connectivity index (χ2n) is 4.72. The molecule has 1 fully saturated rings. The van der Waals surface area contributed by atoms with Gasteiger partial charge in [0.05, 0.1) is 6.54 Å². The predicted octanol–water partition coefficient (Wildman–Crippen LogP) is 1.30. The van der Waals surface area contributed by atoms with Crippen LogP contribution in [0.2, 0.25) is 0 Å². The van der Waals surface area contributed by atoms with E-state index in [0.717, 1.165) is 42.8 Å². The number of aromatic nitrogens is 2. The molecule has 1 amide bonds. The van der Waals surface area contributed by atoms with Crippen LogP contribution < -0.4 is 10.2 Å². The Hall–Kier alpha value is -1.50. The fourth-order valence-corrected chi connectivity index (χ4v) is 2.49. The lowest BCUT2D eigenvalue weighted by Crippen LogP contribution is -2.34. The normalized spacial score (nSPS) is 16.2. The van der Waals surface area contributed by atoms with Crippen LogP contribution in [0.1, 0.15) is 13.3 Å². The Balaban J connectivity index is 2.25. The number of carbonyl (C=O) groups excluding carboxylic acids is 1. The second-order valence-corrected chi connectivity index (χ2v) is 5.49. The van der Waals surface area contributed by atoms with E-state index < -0.39 is 0 Å². The van der Waals surface area contributed by atoms with Gasteiger partial charge in [-0.3, -0.25) is 4.79 Å². The highest BCUT2D eigenvalue weighted by molar-refractivity contribution is 7.98. The lowest BCUT2D eigenvalue weighted by Gasteiger charge is -2.21. The van der Waals surface area contributed by atoms with Crippen molar-refractivity contribution in [3.8, 4) is 0 Å². The Morgan fingerprint density at radius 1 is 1.40 bits per heavy atom. The molecule has 0 bridgehead atoms. The average Bonchev–Trinajstić information content (AvgIpc) is 2.61. The molecule has 1 N–H and O–H groups in total. The van der Waals surface area contributed by atoms with E-state index in [1.165, 1.54) is 11.8 Å². The SMILES string of the molecule is CCNc1cc(N2CCCN(C)C(=O)C2)nc(SC)n1. The number of nitrogens with zero attached hydrogens (tertiary/aromatic N) is 4. The van der Waals surface area contributed by atoms with Crippen molar-refractivity contribution in [1.29, 1.82) is 0 Å². The highest BCUT2D eigenvalue weighted by atomic mass is 32.2. The Morgan fingerprint density at radius 3 is 2.90 bits per heavy atom. The minimum absolute atomic E-state index is 0.136. The number of hydrogen-bond acceptors (Lipinski definition) is 6. The topological polar surface area (TPSA) is 61.4 Å². The molecule has 20 heavy (non-hydrogen) atoms. The van der Waals surface area contributed by atoms with Gasteiger partial charge < -0.3 is 15.1 Å². The van der Waals surface area contributed by atoms with E-state index in [9.17, 15) is 4.79 Å². The molecule has 0 radical (unpaired) electrons. The third kappa shape index (κ3) is 3.53. The molecule has 0 aliphatic carbocycles. The standard InChI is InChI=1S/C13H21N5OS/c1-4-14-10-8-11(16-13(15-10)20-3)18-7-5-6-17(2)12(19)9-18/h8H,4-7,9H2,1-3H3,(H,14,15,16). The van der Waals surface area contributed by atoms with Gasteiger partial charge >= 0.3 is 0 Å².